The molecule has 24 heavy (non-hydrogen) atoms. The van der Waals surface area contributed by atoms with Crippen molar-refractivity contribution in [2.75, 3.05) is 7.11 Å². The predicted molar refractivity (Wildman–Crippen MR) is 87.9 cm³/mol. The summed E-state index contributed by atoms with van der Waals surface area (Å²) >= 11 is 0. The highest BCUT2D eigenvalue weighted by atomic mass is 16.5. The first-order valence-corrected chi connectivity index (χ1v) is 7.15. The molecule has 0 unspecified atom stereocenters. The molecule has 2 aromatic carbocycles. The molecule has 0 aliphatic carbocycles. The highest BCUT2D eigenvalue weighted by Crippen LogP contribution is 2.27. The van der Waals surface area contributed by atoms with Gasteiger partial charge in [0.1, 0.15) is 12.1 Å². The minimum Gasteiger partial charge on any atom is -0.504 e. The zero-order valence-corrected chi connectivity index (χ0v) is 12.9. The van der Waals surface area contributed by atoms with Crippen LogP contribution >= 0.6 is 0 Å². The third-order valence-electron chi connectivity index (χ3n) is 3.36. The lowest BCUT2D eigenvalue weighted by Crippen LogP contribution is -2.23. The summed E-state index contributed by atoms with van der Waals surface area (Å²) in [6.45, 7) is -0.0120. The van der Waals surface area contributed by atoms with Crippen LogP contribution in [-0.4, -0.2) is 39.3 Å². The molecule has 0 radical (unpaired) electrons. The molecule has 0 saturated carbocycles. The van der Waals surface area contributed by atoms with Gasteiger partial charge in [0.15, 0.2) is 11.5 Å². The molecule has 1 aromatic heterocycles. The van der Waals surface area contributed by atoms with E-state index in [2.05, 4.69) is 20.8 Å². The van der Waals surface area contributed by atoms with Crippen LogP contribution in [0, 0.1) is 0 Å². The number of carbonyl (C=O) groups excluding carboxylic acids is 1. The van der Waals surface area contributed by atoms with E-state index in [1.165, 1.54) is 18.0 Å². The van der Waals surface area contributed by atoms with Crippen LogP contribution in [0.2, 0.25) is 0 Å². The summed E-state index contributed by atoms with van der Waals surface area (Å²) in [6.07, 6.45) is 1.34. The Bertz CT molecular complexity index is 904. The highest BCUT2D eigenvalue weighted by Gasteiger charge is 2.08. The topological polar surface area (TPSA) is 102 Å². The van der Waals surface area contributed by atoms with Crippen molar-refractivity contribution in [2.24, 2.45) is 5.10 Å². The van der Waals surface area contributed by atoms with Crippen LogP contribution in [0.25, 0.3) is 11.0 Å². The maximum Gasteiger partial charge on any atom is 0.261 e. The molecule has 0 aliphatic rings. The van der Waals surface area contributed by atoms with Crippen molar-refractivity contribution in [3.63, 3.8) is 0 Å². The number of hydrazone groups is 1. The normalized spacial score (nSPS) is 11.0. The van der Waals surface area contributed by atoms with Crippen LogP contribution in [0.15, 0.2) is 47.6 Å². The number of phenols is 1. The van der Waals surface area contributed by atoms with E-state index in [9.17, 15) is 9.90 Å². The van der Waals surface area contributed by atoms with Gasteiger partial charge >= 0.3 is 0 Å². The van der Waals surface area contributed by atoms with Gasteiger partial charge in [-0.25, -0.2) is 10.1 Å². The molecule has 3 aromatic rings. The Morgan fingerprint density at radius 2 is 2.17 bits per heavy atom. The number of nitrogens with one attached hydrogen (secondary N) is 1. The van der Waals surface area contributed by atoms with Crippen LogP contribution in [-0.2, 0) is 11.3 Å². The number of amides is 1. The van der Waals surface area contributed by atoms with E-state index in [0.29, 0.717) is 11.3 Å². The van der Waals surface area contributed by atoms with Crippen molar-refractivity contribution >= 4 is 23.2 Å². The summed E-state index contributed by atoms with van der Waals surface area (Å²) in [6, 6.07) is 12.3. The van der Waals surface area contributed by atoms with Crippen molar-refractivity contribution < 1.29 is 14.6 Å². The van der Waals surface area contributed by atoms with Gasteiger partial charge in [0.05, 0.1) is 18.8 Å². The minimum absolute atomic E-state index is 0.0120. The van der Waals surface area contributed by atoms with E-state index in [-0.39, 0.29) is 18.2 Å². The summed E-state index contributed by atoms with van der Waals surface area (Å²) < 4.78 is 6.50. The molecule has 2 N–H and O–H groups in total. The SMILES string of the molecule is COc1cccc(/C=N/NC(=O)Cn2nnc3ccccc32)c1O. The average molecular weight is 325 g/mol. The molecule has 122 valence electrons. The molecule has 0 atom stereocenters. The van der Waals surface area contributed by atoms with Gasteiger partial charge in [0.2, 0.25) is 0 Å². The maximum atomic E-state index is 12.0. The lowest BCUT2D eigenvalue weighted by Gasteiger charge is -2.05. The number of ether oxygens (including phenoxy) is 1. The van der Waals surface area contributed by atoms with E-state index in [4.69, 9.17) is 4.74 Å². The molecule has 0 fully saturated rings. The number of methoxy groups -OCH3 is 1. The van der Waals surface area contributed by atoms with E-state index in [0.717, 1.165) is 11.0 Å². The first-order chi connectivity index (χ1) is 11.7. The molecule has 0 spiro atoms. The lowest BCUT2D eigenvalue weighted by atomic mass is 10.2. The monoisotopic (exact) mass is 325 g/mol. The van der Waals surface area contributed by atoms with Gasteiger partial charge in [-0.2, -0.15) is 5.10 Å². The Hall–Kier alpha value is -3.42. The first kappa shape index (κ1) is 15.5. The highest BCUT2D eigenvalue weighted by molar-refractivity contribution is 5.86. The molecular weight excluding hydrogens is 310 g/mol. The van der Waals surface area contributed by atoms with Crippen LogP contribution in [0.5, 0.6) is 11.5 Å². The van der Waals surface area contributed by atoms with Crippen molar-refractivity contribution in [1.82, 2.24) is 20.4 Å². The number of phenolic OH excluding ortho intramolecular Hbond substituents is 1. The summed E-state index contributed by atoms with van der Waals surface area (Å²) in [5.74, 6) is -0.0658. The zero-order chi connectivity index (χ0) is 16.9. The number of fused-ring (bicyclic) bond motifs is 1. The Labute approximate surface area is 137 Å². The van der Waals surface area contributed by atoms with Gasteiger partial charge in [-0.05, 0) is 24.3 Å². The molecule has 0 aliphatic heterocycles. The van der Waals surface area contributed by atoms with E-state index < -0.39 is 0 Å². The zero-order valence-electron chi connectivity index (χ0n) is 12.9. The minimum atomic E-state index is -0.357. The molecule has 1 amide bonds. The third-order valence-corrected chi connectivity index (χ3v) is 3.36. The van der Waals surface area contributed by atoms with Crippen LogP contribution in [0.3, 0.4) is 0 Å². The third kappa shape index (κ3) is 3.17. The number of aromatic nitrogens is 3. The largest absolute Gasteiger partial charge is 0.504 e. The summed E-state index contributed by atoms with van der Waals surface area (Å²) in [5, 5.41) is 21.7. The molecule has 3 rings (SSSR count). The molecule has 1 heterocycles. The summed E-state index contributed by atoms with van der Waals surface area (Å²) in [4.78, 5) is 12.0. The van der Waals surface area contributed by atoms with Gasteiger partial charge in [-0.15, -0.1) is 5.10 Å². The molecule has 8 nitrogen and oxygen atoms in total. The molecular formula is C16H15N5O3. The second kappa shape index (κ2) is 6.78. The molecule has 0 saturated heterocycles. The summed E-state index contributed by atoms with van der Waals surface area (Å²) in [7, 11) is 1.46. The van der Waals surface area contributed by atoms with E-state index >= 15 is 0 Å². The van der Waals surface area contributed by atoms with Crippen LogP contribution < -0.4 is 10.2 Å². The van der Waals surface area contributed by atoms with Gasteiger partial charge in [-0.3, -0.25) is 4.79 Å². The van der Waals surface area contributed by atoms with E-state index in [1.54, 1.807) is 18.2 Å². The van der Waals surface area contributed by atoms with Crippen molar-refractivity contribution in [3.05, 3.63) is 48.0 Å². The van der Waals surface area contributed by atoms with Gasteiger partial charge in [0.25, 0.3) is 5.91 Å². The van der Waals surface area contributed by atoms with E-state index in [1.807, 2.05) is 24.3 Å². The smallest absolute Gasteiger partial charge is 0.261 e. The Balaban J connectivity index is 1.65. The van der Waals surface area contributed by atoms with Crippen LogP contribution in [0.4, 0.5) is 0 Å². The summed E-state index contributed by atoms with van der Waals surface area (Å²) in [5.41, 5.74) is 4.30. The number of benzene rings is 2. The predicted octanol–water partition coefficient (Wildman–Crippen LogP) is 1.30. The second-order valence-corrected chi connectivity index (χ2v) is 4.93. The van der Waals surface area contributed by atoms with Crippen molar-refractivity contribution in [3.8, 4) is 11.5 Å². The Morgan fingerprint density at radius 3 is 3.00 bits per heavy atom. The fourth-order valence-corrected chi connectivity index (χ4v) is 2.19. The van der Waals surface area contributed by atoms with Crippen molar-refractivity contribution in [1.29, 1.82) is 0 Å². The van der Waals surface area contributed by atoms with Crippen molar-refractivity contribution in [2.45, 2.75) is 6.54 Å². The van der Waals surface area contributed by atoms with Crippen LogP contribution in [0.1, 0.15) is 5.56 Å². The number of aromatic hydroxyl groups is 1. The fraction of sp³-hybridized carbons (Fsp3) is 0.125. The Kier molecular flexibility index (Phi) is 4.37. The quantitative estimate of drug-likeness (QED) is 0.544. The maximum absolute atomic E-state index is 12.0. The number of rotatable bonds is 5. The fourth-order valence-electron chi connectivity index (χ4n) is 2.19. The number of hydrogen-bond donors (Lipinski definition) is 2. The number of hydrogen-bond acceptors (Lipinski definition) is 6. The standard InChI is InChI=1S/C16H15N5O3/c1-24-14-8-4-5-11(16(14)23)9-17-19-15(22)10-21-13-7-3-2-6-12(13)18-20-21/h2-9,23H,10H2,1H3,(H,19,22)/b17-9+. The number of nitrogens with zero attached hydrogens (tertiary/aromatic N) is 4. The van der Waals surface area contributed by atoms with Gasteiger partial charge in [-0.1, -0.05) is 23.4 Å². The van der Waals surface area contributed by atoms with Gasteiger partial charge in [0, 0.05) is 5.56 Å². The number of para-hydroxylation sites is 2. The lowest BCUT2D eigenvalue weighted by molar-refractivity contribution is -0.121. The Morgan fingerprint density at radius 1 is 1.33 bits per heavy atom. The van der Waals surface area contributed by atoms with Gasteiger partial charge < -0.3 is 9.84 Å². The average Bonchev–Trinajstić information content (AvgIpc) is 2.99. The second-order valence-electron chi connectivity index (χ2n) is 4.93. The number of carbonyl (C=O) groups is 1. The molecule has 8 heteroatoms. The first-order valence-electron chi connectivity index (χ1n) is 7.15. The molecule has 0 bridgehead atoms.